The Bertz CT molecular complexity index is 545. The minimum Gasteiger partial charge on any atom is -0.362 e. The summed E-state index contributed by atoms with van der Waals surface area (Å²) in [6.45, 7) is 9.82. The lowest BCUT2D eigenvalue weighted by molar-refractivity contribution is 0.522. The van der Waals surface area contributed by atoms with Crippen LogP contribution in [0, 0.1) is 5.82 Å². The van der Waals surface area contributed by atoms with E-state index in [-0.39, 0.29) is 11.2 Å². The third-order valence-corrected chi connectivity index (χ3v) is 2.99. The number of allylic oxidation sites excluding steroid dienone is 3. The van der Waals surface area contributed by atoms with Crippen LogP contribution in [0.3, 0.4) is 0 Å². The van der Waals surface area contributed by atoms with E-state index in [0.29, 0.717) is 0 Å². The summed E-state index contributed by atoms with van der Waals surface area (Å²) in [4.78, 5) is 0. The van der Waals surface area contributed by atoms with Gasteiger partial charge >= 0.3 is 0 Å². The largest absolute Gasteiger partial charge is 0.362 e. The first-order chi connectivity index (χ1) is 8.38. The van der Waals surface area contributed by atoms with Gasteiger partial charge in [-0.3, -0.25) is 0 Å². The van der Waals surface area contributed by atoms with Gasteiger partial charge in [-0.05, 0) is 34.3 Å². The van der Waals surface area contributed by atoms with Crippen LogP contribution in [0.15, 0.2) is 48.8 Å². The van der Waals surface area contributed by atoms with Gasteiger partial charge in [-0.1, -0.05) is 45.6 Å². The third-order valence-electron chi connectivity index (χ3n) is 2.99. The summed E-state index contributed by atoms with van der Waals surface area (Å²) in [6, 6.07) is 5.41. The highest BCUT2D eigenvalue weighted by atomic mass is 19.1. The fourth-order valence-corrected chi connectivity index (χ4v) is 1.94. The summed E-state index contributed by atoms with van der Waals surface area (Å²) in [5, 5.41) is 3.03. The van der Waals surface area contributed by atoms with Crippen LogP contribution >= 0.6 is 0 Å². The third kappa shape index (κ3) is 2.53. The van der Waals surface area contributed by atoms with Gasteiger partial charge in [0.05, 0.1) is 0 Å². The smallest absolute Gasteiger partial charge is 0.127 e. The summed E-state index contributed by atoms with van der Waals surface area (Å²) in [5.41, 5.74) is 3.24. The highest BCUT2D eigenvalue weighted by Gasteiger charge is 2.18. The zero-order chi connectivity index (χ0) is 13.3. The highest BCUT2D eigenvalue weighted by Crippen LogP contribution is 2.28. The zero-order valence-electron chi connectivity index (χ0n) is 11.0. The van der Waals surface area contributed by atoms with Crippen molar-refractivity contribution in [1.29, 1.82) is 0 Å². The zero-order valence-corrected chi connectivity index (χ0v) is 11.0. The molecular formula is C16H18FN. The molecule has 1 N–H and O–H groups in total. The van der Waals surface area contributed by atoms with E-state index in [9.17, 15) is 4.39 Å². The molecule has 1 aliphatic rings. The summed E-state index contributed by atoms with van der Waals surface area (Å²) in [6.07, 6.45) is 5.66. The highest BCUT2D eigenvalue weighted by molar-refractivity contribution is 5.76. The van der Waals surface area contributed by atoms with E-state index in [1.165, 1.54) is 0 Å². The maximum absolute atomic E-state index is 14.1. The molecule has 2 heteroatoms. The molecule has 0 unspecified atom stereocenters. The van der Waals surface area contributed by atoms with Crippen molar-refractivity contribution in [3.63, 3.8) is 0 Å². The van der Waals surface area contributed by atoms with Crippen molar-refractivity contribution < 1.29 is 4.39 Å². The maximum Gasteiger partial charge on any atom is 0.127 e. The molecular weight excluding hydrogens is 225 g/mol. The van der Waals surface area contributed by atoms with Crippen LogP contribution in [-0.2, 0) is 5.41 Å². The van der Waals surface area contributed by atoms with E-state index in [1.54, 1.807) is 6.07 Å². The van der Waals surface area contributed by atoms with Crippen molar-refractivity contribution in [3.8, 4) is 0 Å². The normalized spacial score (nSPS) is 15.3. The Morgan fingerprint density at radius 1 is 1.17 bits per heavy atom. The molecule has 0 spiro atoms. The second-order valence-electron chi connectivity index (χ2n) is 5.55. The number of hydrogen-bond acceptors (Lipinski definition) is 1. The molecule has 94 valence electrons. The molecule has 0 radical (unpaired) electrons. The number of dihydropyridines is 1. The Balaban J connectivity index is 2.36. The van der Waals surface area contributed by atoms with Crippen molar-refractivity contribution >= 4 is 5.57 Å². The van der Waals surface area contributed by atoms with Crippen LogP contribution < -0.4 is 5.32 Å². The van der Waals surface area contributed by atoms with Gasteiger partial charge in [0.2, 0.25) is 0 Å². The van der Waals surface area contributed by atoms with Crippen LogP contribution in [0.1, 0.15) is 31.9 Å². The van der Waals surface area contributed by atoms with E-state index in [4.69, 9.17) is 0 Å². The molecule has 1 heterocycles. The minimum atomic E-state index is -0.175. The van der Waals surface area contributed by atoms with Crippen LogP contribution in [0.25, 0.3) is 5.57 Å². The van der Waals surface area contributed by atoms with E-state index in [1.807, 2.05) is 51.3 Å². The minimum absolute atomic E-state index is 0.154. The Kier molecular flexibility index (Phi) is 3.12. The Morgan fingerprint density at radius 2 is 1.89 bits per heavy atom. The SMILES string of the molecule is C=C1C=CC(c2ccc(C(C)(C)C)c(F)c2)=CN1. The molecule has 0 amide bonds. The number of nitrogens with one attached hydrogen (secondary N) is 1. The Morgan fingerprint density at radius 3 is 2.39 bits per heavy atom. The molecule has 1 nitrogen and oxygen atoms in total. The van der Waals surface area contributed by atoms with Crippen LogP contribution in [-0.4, -0.2) is 0 Å². The van der Waals surface area contributed by atoms with Gasteiger partial charge in [-0.2, -0.15) is 0 Å². The van der Waals surface area contributed by atoms with Gasteiger partial charge in [-0.15, -0.1) is 0 Å². The summed E-state index contributed by atoms with van der Waals surface area (Å²) >= 11 is 0. The summed E-state index contributed by atoms with van der Waals surface area (Å²) in [7, 11) is 0. The van der Waals surface area contributed by atoms with Gasteiger partial charge in [0, 0.05) is 11.9 Å². The molecule has 2 rings (SSSR count). The summed E-state index contributed by atoms with van der Waals surface area (Å²) in [5.74, 6) is -0.154. The van der Waals surface area contributed by atoms with Gasteiger partial charge in [0.15, 0.2) is 0 Å². The van der Waals surface area contributed by atoms with E-state index < -0.39 is 0 Å². The quantitative estimate of drug-likeness (QED) is 0.781. The molecule has 1 aromatic carbocycles. The molecule has 0 aromatic heterocycles. The number of rotatable bonds is 1. The van der Waals surface area contributed by atoms with Gasteiger partial charge in [-0.25, -0.2) is 4.39 Å². The second kappa shape index (κ2) is 4.45. The number of benzene rings is 1. The maximum atomic E-state index is 14.1. The average molecular weight is 243 g/mol. The van der Waals surface area contributed by atoms with Crippen LogP contribution in [0.5, 0.6) is 0 Å². The first kappa shape index (κ1) is 12.6. The van der Waals surface area contributed by atoms with Crippen molar-refractivity contribution in [2.75, 3.05) is 0 Å². The molecule has 18 heavy (non-hydrogen) atoms. The van der Waals surface area contributed by atoms with Crippen LogP contribution in [0.2, 0.25) is 0 Å². The first-order valence-corrected chi connectivity index (χ1v) is 6.02. The molecule has 0 bridgehead atoms. The molecule has 0 aliphatic carbocycles. The Hall–Kier alpha value is -1.83. The standard InChI is InChI=1S/C16H18FN/c1-11-5-6-13(10-18-11)12-7-8-14(15(17)9-12)16(2,3)4/h5-10,18H,1H2,2-4H3. The predicted octanol–water partition coefficient (Wildman–Crippen LogP) is 4.14. The lowest BCUT2D eigenvalue weighted by Gasteiger charge is -2.20. The predicted molar refractivity (Wildman–Crippen MR) is 74.5 cm³/mol. The van der Waals surface area contributed by atoms with Gasteiger partial charge < -0.3 is 5.32 Å². The molecule has 0 saturated heterocycles. The fraction of sp³-hybridized carbons (Fsp3) is 0.250. The molecule has 0 fully saturated rings. The molecule has 0 saturated carbocycles. The van der Waals surface area contributed by atoms with Crippen molar-refractivity contribution in [1.82, 2.24) is 5.32 Å². The fourth-order valence-electron chi connectivity index (χ4n) is 1.94. The average Bonchev–Trinajstić information content (AvgIpc) is 2.28. The molecule has 0 atom stereocenters. The van der Waals surface area contributed by atoms with Crippen molar-refractivity contribution in [2.45, 2.75) is 26.2 Å². The lowest BCUT2D eigenvalue weighted by atomic mass is 9.85. The van der Waals surface area contributed by atoms with Crippen molar-refractivity contribution in [2.24, 2.45) is 0 Å². The summed E-state index contributed by atoms with van der Waals surface area (Å²) < 4.78 is 14.1. The molecule has 1 aliphatic heterocycles. The number of hydrogen-bond donors (Lipinski definition) is 1. The first-order valence-electron chi connectivity index (χ1n) is 6.02. The van der Waals surface area contributed by atoms with Gasteiger partial charge in [0.1, 0.15) is 5.82 Å². The van der Waals surface area contributed by atoms with E-state index in [2.05, 4.69) is 11.9 Å². The van der Waals surface area contributed by atoms with Crippen LogP contribution in [0.4, 0.5) is 4.39 Å². The van der Waals surface area contributed by atoms with Crippen molar-refractivity contribution in [3.05, 3.63) is 65.8 Å². The second-order valence-corrected chi connectivity index (χ2v) is 5.55. The van der Waals surface area contributed by atoms with E-state index in [0.717, 1.165) is 22.4 Å². The van der Waals surface area contributed by atoms with E-state index >= 15 is 0 Å². The molecule has 1 aromatic rings. The lowest BCUT2D eigenvalue weighted by Crippen LogP contribution is -2.13. The topological polar surface area (TPSA) is 12.0 Å². The Labute approximate surface area is 108 Å². The van der Waals surface area contributed by atoms with Gasteiger partial charge in [0.25, 0.3) is 0 Å². The monoisotopic (exact) mass is 243 g/mol. The number of halogens is 1.